The van der Waals surface area contributed by atoms with Gasteiger partial charge >= 0.3 is 6.18 Å². The Morgan fingerprint density at radius 2 is 1.93 bits per heavy atom. The molecule has 2 aromatic carbocycles. The molecule has 11 heteroatoms. The van der Waals surface area contributed by atoms with Crippen LogP contribution in [-0.2, 0) is 11.0 Å². The lowest BCUT2D eigenvalue weighted by Gasteiger charge is -2.16. The fourth-order valence-corrected chi connectivity index (χ4v) is 3.91. The summed E-state index contributed by atoms with van der Waals surface area (Å²) in [5, 5.41) is 10.9. The highest BCUT2D eigenvalue weighted by Crippen LogP contribution is 2.39. The molecular weight excluding hydrogens is 437 g/mol. The van der Waals surface area contributed by atoms with Crippen LogP contribution in [0.1, 0.15) is 11.1 Å². The molecule has 28 heavy (non-hydrogen) atoms. The number of anilines is 1. The van der Waals surface area contributed by atoms with Crippen LogP contribution < -0.4 is 4.90 Å². The molecule has 0 saturated carbocycles. The van der Waals surface area contributed by atoms with Crippen molar-refractivity contribution in [3.8, 4) is 0 Å². The normalized spacial score (nSPS) is 16.1. The number of carbonyl (C=O) groups excluding carboxylic acids is 1. The Morgan fingerprint density at radius 1 is 1.21 bits per heavy atom. The summed E-state index contributed by atoms with van der Waals surface area (Å²) >= 11 is 11.8. The van der Waals surface area contributed by atoms with E-state index in [1.165, 1.54) is 36.4 Å². The molecule has 0 unspecified atom stereocenters. The highest BCUT2D eigenvalue weighted by atomic mass is 35.5. The molecule has 0 bridgehead atoms. The molecule has 0 aromatic heterocycles. The van der Waals surface area contributed by atoms with Crippen molar-refractivity contribution in [3.05, 3.63) is 73.6 Å². The highest BCUT2D eigenvalue weighted by Gasteiger charge is 2.36. The second kappa shape index (κ2) is 7.53. The van der Waals surface area contributed by atoms with Gasteiger partial charge in [0.25, 0.3) is 11.6 Å². The number of rotatable bonds is 3. The lowest BCUT2D eigenvalue weighted by atomic mass is 10.1. The number of thiocarbonyl (C=S) groups is 1. The van der Waals surface area contributed by atoms with Crippen molar-refractivity contribution in [1.29, 1.82) is 0 Å². The third-order valence-electron chi connectivity index (χ3n) is 3.69. The van der Waals surface area contributed by atoms with E-state index in [9.17, 15) is 28.1 Å². The predicted octanol–water partition coefficient (Wildman–Crippen LogP) is 5.67. The van der Waals surface area contributed by atoms with Crippen molar-refractivity contribution in [2.45, 2.75) is 6.18 Å². The summed E-state index contributed by atoms with van der Waals surface area (Å²) in [5.74, 6) is -0.619. The topological polar surface area (TPSA) is 63.4 Å². The molecule has 0 N–H and O–H groups in total. The Hall–Kier alpha value is -2.43. The van der Waals surface area contributed by atoms with Crippen LogP contribution in [0, 0.1) is 10.1 Å². The molecule has 5 nitrogen and oxygen atoms in total. The van der Waals surface area contributed by atoms with Gasteiger partial charge in [-0.15, -0.1) is 0 Å². The molecule has 1 saturated heterocycles. The molecule has 1 fully saturated rings. The standard InChI is InChI=1S/C17H8ClF3N2O3S2/c18-12-5-4-9(6-13(12)23(25)26)7-14-15(24)22(16(27)28-14)11-3-1-2-10(8-11)17(19,20)21/h1-8H/b14-7-. The second-order valence-electron chi connectivity index (χ2n) is 5.53. The van der Waals surface area contributed by atoms with E-state index in [1.807, 2.05) is 0 Å². The number of nitrogens with zero attached hydrogens (tertiary/aromatic N) is 2. The van der Waals surface area contributed by atoms with E-state index in [2.05, 4.69) is 0 Å². The molecule has 1 heterocycles. The van der Waals surface area contributed by atoms with E-state index >= 15 is 0 Å². The molecule has 1 amide bonds. The molecule has 144 valence electrons. The molecular formula is C17H8ClF3N2O3S2. The number of thioether (sulfide) groups is 1. The summed E-state index contributed by atoms with van der Waals surface area (Å²) in [5.41, 5.74) is -0.913. The maximum atomic E-state index is 12.9. The minimum Gasteiger partial charge on any atom is -0.268 e. The van der Waals surface area contributed by atoms with E-state index in [1.54, 1.807) is 0 Å². The Bertz CT molecular complexity index is 1040. The van der Waals surface area contributed by atoms with E-state index in [0.29, 0.717) is 5.56 Å². The number of nitro groups is 1. The van der Waals surface area contributed by atoms with Gasteiger partial charge in [0.2, 0.25) is 0 Å². The highest BCUT2D eigenvalue weighted by molar-refractivity contribution is 8.27. The maximum absolute atomic E-state index is 12.9. The molecule has 2 aromatic rings. The van der Waals surface area contributed by atoms with Gasteiger partial charge in [-0.2, -0.15) is 13.2 Å². The number of hydrogen-bond acceptors (Lipinski definition) is 5. The van der Waals surface area contributed by atoms with Crippen LogP contribution in [0.3, 0.4) is 0 Å². The van der Waals surface area contributed by atoms with Crippen LogP contribution in [0.4, 0.5) is 24.5 Å². The van der Waals surface area contributed by atoms with Gasteiger partial charge in [0.05, 0.1) is 21.1 Å². The van der Waals surface area contributed by atoms with Crippen molar-refractivity contribution < 1.29 is 22.9 Å². The van der Waals surface area contributed by atoms with Crippen LogP contribution in [0.15, 0.2) is 47.4 Å². The fraction of sp³-hybridized carbons (Fsp3) is 0.0588. The first-order valence-corrected chi connectivity index (χ1v) is 9.07. The zero-order chi connectivity index (χ0) is 20.6. The van der Waals surface area contributed by atoms with Crippen LogP contribution >= 0.6 is 35.6 Å². The molecule has 0 aliphatic carbocycles. The van der Waals surface area contributed by atoms with Crippen LogP contribution in [0.25, 0.3) is 6.08 Å². The van der Waals surface area contributed by atoms with Gasteiger partial charge in [0.1, 0.15) is 5.02 Å². The smallest absolute Gasteiger partial charge is 0.268 e. The predicted molar refractivity (Wildman–Crippen MR) is 105 cm³/mol. The molecule has 0 atom stereocenters. The van der Waals surface area contributed by atoms with Gasteiger partial charge in [0.15, 0.2) is 4.32 Å². The summed E-state index contributed by atoms with van der Waals surface area (Å²) in [6, 6.07) is 8.24. The lowest BCUT2D eigenvalue weighted by Crippen LogP contribution is -2.27. The zero-order valence-electron chi connectivity index (χ0n) is 13.6. The average Bonchev–Trinajstić information content (AvgIpc) is 2.89. The second-order valence-corrected chi connectivity index (χ2v) is 7.62. The summed E-state index contributed by atoms with van der Waals surface area (Å²) < 4.78 is 38.8. The molecule has 3 rings (SSSR count). The van der Waals surface area contributed by atoms with Gasteiger partial charge in [-0.3, -0.25) is 19.8 Å². The monoisotopic (exact) mass is 444 g/mol. The minimum atomic E-state index is -4.56. The van der Waals surface area contributed by atoms with E-state index < -0.39 is 22.6 Å². The van der Waals surface area contributed by atoms with Crippen LogP contribution in [-0.4, -0.2) is 15.2 Å². The van der Waals surface area contributed by atoms with Crippen molar-refractivity contribution in [1.82, 2.24) is 0 Å². The first-order valence-electron chi connectivity index (χ1n) is 7.47. The largest absolute Gasteiger partial charge is 0.416 e. The van der Waals surface area contributed by atoms with Gasteiger partial charge in [-0.25, -0.2) is 0 Å². The SMILES string of the molecule is O=C1/C(=C/c2ccc(Cl)c([N+](=O)[O-])c2)SC(=S)N1c1cccc(C(F)(F)F)c1. The summed E-state index contributed by atoms with van der Waals surface area (Å²) in [7, 11) is 0. The summed E-state index contributed by atoms with van der Waals surface area (Å²) in [6.45, 7) is 0. The average molecular weight is 445 g/mol. The van der Waals surface area contributed by atoms with Gasteiger partial charge in [-0.05, 0) is 35.9 Å². The van der Waals surface area contributed by atoms with Crippen LogP contribution in [0.2, 0.25) is 5.02 Å². The summed E-state index contributed by atoms with van der Waals surface area (Å²) in [6.07, 6.45) is -3.19. The van der Waals surface area contributed by atoms with Crippen LogP contribution in [0.5, 0.6) is 0 Å². The van der Waals surface area contributed by atoms with Crippen molar-refractivity contribution >= 4 is 63.3 Å². The first-order chi connectivity index (χ1) is 13.1. The maximum Gasteiger partial charge on any atom is 0.416 e. The minimum absolute atomic E-state index is 0.0113. The Morgan fingerprint density at radius 3 is 2.57 bits per heavy atom. The van der Waals surface area contributed by atoms with Gasteiger partial charge in [0, 0.05) is 6.07 Å². The number of carbonyl (C=O) groups is 1. The molecule has 1 aliphatic heterocycles. The summed E-state index contributed by atoms with van der Waals surface area (Å²) in [4.78, 5) is 24.1. The lowest BCUT2D eigenvalue weighted by molar-refractivity contribution is -0.384. The number of alkyl halides is 3. The van der Waals surface area contributed by atoms with Gasteiger partial charge < -0.3 is 0 Å². The molecule has 1 aliphatic rings. The van der Waals surface area contributed by atoms with Crippen molar-refractivity contribution in [2.24, 2.45) is 0 Å². The Kier molecular flexibility index (Phi) is 5.46. The fourth-order valence-electron chi connectivity index (χ4n) is 2.42. The number of halogens is 4. The van der Waals surface area contributed by atoms with E-state index in [0.717, 1.165) is 28.8 Å². The van der Waals surface area contributed by atoms with Crippen molar-refractivity contribution in [3.63, 3.8) is 0 Å². The Labute approximate surface area is 170 Å². The third-order valence-corrected chi connectivity index (χ3v) is 5.31. The quantitative estimate of drug-likeness (QED) is 0.264. The van der Waals surface area contributed by atoms with E-state index in [4.69, 9.17) is 23.8 Å². The zero-order valence-corrected chi connectivity index (χ0v) is 16.0. The number of benzene rings is 2. The number of nitro benzene ring substituents is 1. The first kappa shape index (κ1) is 20.3. The van der Waals surface area contributed by atoms with E-state index in [-0.39, 0.29) is 25.6 Å². The van der Waals surface area contributed by atoms with Crippen molar-refractivity contribution in [2.75, 3.05) is 4.90 Å². The Balaban J connectivity index is 1.96. The third kappa shape index (κ3) is 4.03. The van der Waals surface area contributed by atoms with Gasteiger partial charge in [-0.1, -0.05) is 47.7 Å². The molecule has 0 spiro atoms. The molecule has 0 radical (unpaired) electrons. The number of amides is 1. The number of hydrogen-bond donors (Lipinski definition) is 0.